The third-order valence-corrected chi connectivity index (χ3v) is 4.36. The van der Waals surface area contributed by atoms with E-state index >= 15 is 0 Å². The van der Waals surface area contributed by atoms with Gasteiger partial charge in [-0.1, -0.05) is 6.07 Å². The van der Waals surface area contributed by atoms with E-state index in [9.17, 15) is 14.7 Å². The van der Waals surface area contributed by atoms with Crippen molar-refractivity contribution < 1.29 is 14.7 Å². The van der Waals surface area contributed by atoms with Crippen molar-refractivity contribution in [1.82, 2.24) is 14.7 Å². The lowest BCUT2D eigenvalue weighted by Crippen LogP contribution is -2.40. The Hall–Kier alpha value is -2.63. The molecule has 0 unspecified atom stereocenters. The number of aryl methyl sites for hydroxylation is 3. The summed E-state index contributed by atoms with van der Waals surface area (Å²) in [7, 11) is 0. The van der Waals surface area contributed by atoms with E-state index in [1.807, 2.05) is 32.9 Å². The maximum atomic E-state index is 12.7. The molecule has 1 saturated heterocycles. The lowest BCUT2D eigenvalue weighted by molar-refractivity contribution is -0.141. The van der Waals surface area contributed by atoms with Crippen molar-refractivity contribution >= 4 is 11.9 Å². The molecule has 6 nitrogen and oxygen atoms in total. The third kappa shape index (κ3) is 2.91. The fourth-order valence-corrected chi connectivity index (χ4v) is 3.33. The summed E-state index contributed by atoms with van der Waals surface area (Å²) in [5.74, 6) is -1.27. The number of carbonyl (C=O) groups is 2. The van der Waals surface area contributed by atoms with E-state index in [-0.39, 0.29) is 5.91 Å². The highest BCUT2D eigenvalue weighted by atomic mass is 16.4. The van der Waals surface area contributed by atoms with Gasteiger partial charge < -0.3 is 10.0 Å². The zero-order valence-electron chi connectivity index (χ0n) is 14.1. The summed E-state index contributed by atoms with van der Waals surface area (Å²) in [6.45, 7) is 6.39. The number of rotatable bonds is 3. The second kappa shape index (κ2) is 6.11. The summed E-state index contributed by atoms with van der Waals surface area (Å²) in [5, 5.41) is 13.7. The number of carboxylic acid groups (broad SMARTS) is 1. The monoisotopic (exact) mass is 327 g/mol. The first-order chi connectivity index (χ1) is 11.4. The molecular weight excluding hydrogens is 306 g/mol. The Bertz CT molecular complexity index is 790. The molecule has 126 valence electrons. The predicted molar refractivity (Wildman–Crippen MR) is 89.5 cm³/mol. The highest BCUT2D eigenvalue weighted by molar-refractivity contribution is 5.95. The van der Waals surface area contributed by atoms with Gasteiger partial charge in [0.15, 0.2) is 5.69 Å². The Labute approximate surface area is 140 Å². The Morgan fingerprint density at radius 3 is 2.42 bits per heavy atom. The van der Waals surface area contributed by atoms with Gasteiger partial charge in [0, 0.05) is 12.2 Å². The van der Waals surface area contributed by atoms with E-state index in [0.717, 1.165) is 22.5 Å². The van der Waals surface area contributed by atoms with Crippen LogP contribution in [0.2, 0.25) is 0 Å². The summed E-state index contributed by atoms with van der Waals surface area (Å²) in [6, 6.07) is 7.07. The van der Waals surface area contributed by atoms with Crippen LogP contribution in [-0.2, 0) is 4.79 Å². The number of aliphatic carboxylic acids is 1. The van der Waals surface area contributed by atoms with Crippen LogP contribution in [0.15, 0.2) is 24.3 Å². The third-order valence-electron chi connectivity index (χ3n) is 4.36. The quantitative estimate of drug-likeness (QED) is 0.940. The molecule has 2 aromatic rings. The number of hydrogen-bond donors (Lipinski definition) is 1. The summed E-state index contributed by atoms with van der Waals surface area (Å²) in [6.07, 6.45) is 1.21. The molecule has 1 atom stereocenters. The number of hydrogen-bond acceptors (Lipinski definition) is 3. The topological polar surface area (TPSA) is 75.4 Å². The minimum Gasteiger partial charge on any atom is -0.480 e. The number of carbonyl (C=O) groups excluding carboxylic acids is 1. The van der Waals surface area contributed by atoms with Crippen molar-refractivity contribution in [3.8, 4) is 5.69 Å². The van der Waals surface area contributed by atoms with E-state index in [1.54, 1.807) is 10.7 Å². The molecule has 1 N–H and O–H groups in total. The van der Waals surface area contributed by atoms with Gasteiger partial charge >= 0.3 is 5.97 Å². The van der Waals surface area contributed by atoms with Gasteiger partial charge in [-0.2, -0.15) is 5.10 Å². The normalized spacial score (nSPS) is 17.3. The zero-order valence-corrected chi connectivity index (χ0v) is 14.1. The molecule has 3 rings (SSSR count). The molecule has 1 fully saturated rings. The van der Waals surface area contributed by atoms with Gasteiger partial charge in [0.2, 0.25) is 0 Å². The van der Waals surface area contributed by atoms with Gasteiger partial charge in [0.1, 0.15) is 6.04 Å². The van der Waals surface area contributed by atoms with Gasteiger partial charge in [-0.15, -0.1) is 0 Å². The molecule has 1 aromatic carbocycles. The number of carboxylic acids is 1. The molecule has 1 aliphatic rings. The van der Waals surface area contributed by atoms with E-state index < -0.39 is 12.0 Å². The standard InChI is InChI=1S/C18H21N3O3/c1-11-7-12(2)9-14(8-11)21-13(3)10-15(19-21)17(22)20-6-4-5-16(20)18(23)24/h7-10,16H,4-6H2,1-3H3,(H,23,24)/t16-/m0/s1. The molecule has 0 radical (unpaired) electrons. The van der Waals surface area contributed by atoms with E-state index in [4.69, 9.17) is 0 Å². The lowest BCUT2D eigenvalue weighted by atomic mass is 10.1. The van der Waals surface area contributed by atoms with Crippen LogP contribution in [0.1, 0.15) is 40.2 Å². The van der Waals surface area contributed by atoms with Crippen molar-refractivity contribution in [3.05, 3.63) is 46.8 Å². The SMILES string of the molecule is Cc1cc(C)cc(-n2nc(C(=O)N3CCC[C@H]3C(=O)O)cc2C)c1. The highest BCUT2D eigenvalue weighted by Gasteiger charge is 2.35. The summed E-state index contributed by atoms with van der Waals surface area (Å²) >= 11 is 0. The molecule has 1 aromatic heterocycles. The van der Waals surface area contributed by atoms with E-state index in [2.05, 4.69) is 11.2 Å². The molecule has 1 amide bonds. The van der Waals surface area contributed by atoms with Crippen LogP contribution < -0.4 is 0 Å². The van der Waals surface area contributed by atoms with Crippen molar-refractivity contribution in [2.75, 3.05) is 6.54 Å². The van der Waals surface area contributed by atoms with E-state index in [1.165, 1.54) is 4.90 Å². The molecule has 0 saturated carbocycles. The number of nitrogens with zero attached hydrogens (tertiary/aromatic N) is 3. The second-order valence-corrected chi connectivity index (χ2v) is 6.42. The van der Waals surface area contributed by atoms with E-state index in [0.29, 0.717) is 25.1 Å². The molecule has 24 heavy (non-hydrogen) atoms. The molecule has 1 aliphatic heterocycles. The Morgan fingerprint density at radius 2 is 1.79 bits per heavy atom. The largest absolute Gasteiger partial charge is 0.480 e. The number of aromatic nitrogens is 2. The summed E-state index contributed by atoms with van der Waals surface area (Å²) < 4.78 is 1.74. The smallest absolute Gasteiger partial charge is 0.326 e. The van der Waals surface area contributed by atoms with Crippen molar-refractivity contribution in [2.45, 2.75) is 39.7 Å². The average Bonchev–Trinajstić information content (AvgIpc) is 3.12. The van der Waals surface area contributed by atoms with Gasteiger partial charge in [0.05, 0.1) is 5.69 Å². The molecule has 2 heterocycles. The average molecular weight is 327 g/mol. The zero-order chi connectivity index (χ0) is 17.4. The minimum atomic E-state index is -0.952. The van der Waals surface area contributed by atoms with Crippen LogP contribution in [0, 0.1) is 20.8 Å². The first kappa shape index (κ1) is 16.2. The Morgan fingerprint density at radius 1 is 1.12 bits per heavy atom. The van der Waals surface area contributed by atoms with Crippen LogP contribution in [0.25, 0.3) is 5.69 Å². The van der Waals surface area contributed by atoms with Crippen LogP contribution in [-0.4, -0.2) is 44.3 Å². The fraction of sp³-hybridized carbons (Fsp3) is 0.389. The highest BCUT2D eigenvalue weighted by Crippen LogP contribution is 2.22. The van der Waals surface area contributed by atoms with Gasteiger partial charge in [-0.3, -0.25) is 4.79 Å². The van der Waals surface area contributed by atoms with Crippen LogP contribution >= 0.6 is 0 Å². The predicted octanol–water partition coefficient (Wildman–Crippen LogP) is 2.49. The maximum Gasteiger partial charge on any atom is 0.326 e. The Kier molecular flexibility index (Phi) is 4.13. The number of benzene rings is 1. The second-order valence-electron chi connectivity index (χ2n) is 6.42. The lowest BCUT2D eigenvalue weighted by Gasteiger charge is -2.20. The van der Waals surface area contributed by atoms with Gasteiger partial charge in [0.25, 0.3) is 5.91 Å². The van der Waals surface area contributed by atoms with Crippen LogP contribution in [0.3, 0.4) is 0 Å². The number of likely N-dealkylation sites (tertiary alicyclic amines) is 1. The first-order valence-corrected chi connectivity index (χ1v) is 8.06. The van der Waals surface area contributed by atoms with Crippen LogP contribution in [0.5, 0.6) is 0 Å². The number of amides is 1. The summed E-state index contributed by atoms with van der Waals surface area (Å²) in [5.41, 5.74) is 4.28. The van der Waals surface area contributed by atoms with Crippen LogP contribution in [0.4, 0.5) is 0 Å². The fourth-order valence-electron chi connectivity index (χ4n) is 3.33. The molecule has 0 aliphatic carbocycles. The molecule has 0 bridgehead atoms. The molecule has 0 spiro atoms. The van der Waals surface area contributed by atoms with Gasteiger partial charge in [-0.25, -0.2) is 9.48 Å². The molecular formula is C18H21N3O3. The summed E-state index contributed by atoms with van der Waals surface area (Å²) in [4.78, 5) is 25.4. The van der Waals surface area contributed by atoms with Crippen molar-refractivity contribution in [2.24, 2.45) is 0 Å². The maximum absolute atomic E-state index is 12.7. The Balaban J connectivity index is 1.94. The van der Waals surface area contributed by atoms with Gasteiger partial charge in [-0.05, 0) is 62.9 Å². The van der Waals surface area contributed by atoms with Crippen molar-refractivity contribution in [3.63, 3.8) is 0 Å². The molecule has 6 heteroatoms. The first-order valence-electron chi connectivity index (χ1n) is 8.06. The minimum absolute atomic E-state index is 0.291. The van der Waals surface area contributed by atoms with Crippen molar-refractivity contribution in [1.29, 1.82) is 0 Å².